The van der Waals surface area contributed by atoms with E-state index in [4.69, 9.17) is 5.73 Å². The molecule has 2 rings (SSSR count). The summed E-state index contributed by atoms with van der Waals surface area (Å²) in [5.41, 5.74) is 6.04. The highest BCUT2D eigenvalue weighted by molar-refractivity contribution is 7.91. The van der Waals surface area contributed by atoms with Crippen LogP contribution in [0.5, 0.6) is 0 Å². The third kappa shape index (κ3) is 3.00. The van der Waals surface area contributed by atoms with Crippen LogP contribution in [0.15, 0.2) is 15.7 Å². The van der Waals surface area contributed by atoms with Gasteiger partial charge in [-0.2, -0.15) is 0 Å². The molecule has 0 aliphatic heterocycles. The van der Waals surface area contributed by atoms with Gasteiger partial charge in [0, 0.05) is 17.6 Å². The average molecular weight is 274 g/mol. The minimum Gasteiger partial charge on any atom is -0.398 e. The number of anilines is 1. The van der Waals surface area contributed by atoms with Crippen molar-refractivity contribution in [3.63, 3.8) is 0 Å². The smallest absolute Gasteiger partial charge is 0.250 e. The van der Waals surface area contributed by atoms with Crippen molar-refractivity contribution in [3.05, 3.63) is 11.4 Å². The molecule has 0 spiro atoms. The molecule has 1 aromatic heterocycles. The van der Waals surface area contributed by atoms with Gasteiger partial charge in [0.15, 0.2) is 0 Å². The van der Waals surface area contributed by atoms with E-state index in [1.165, 1.54) is 18.9 Å². The Hall–Kier alpha value is -0.590. The van der Waals surface area contributed by atoms with Crippen LogP contribution in [0.2, 0.25) is 0 Å². The van der Waals surface area contributed by atoms with Gasteiger partial charge >= 0.3 is 0 Å². The predicted octanol–water partition coefficient (Wildman–Crippen LogP) is 2.04. The molecule has 0 aromatic carbocycles. The summed E-state index contributed by atoms with van der Waals surface area (Å²) >= 11 is 1.16. The third-order valence-electron chi connectivity index (χ3n) is 3.44. The fourth-order valence-electron chi connectivity index (χ4n) is 2.28. The van der Waals surface area contributed by atoms with Gasteiger partial charge in [-0.25, -0.2) is 13.1 Å². The van der Waals surface area contributed by atoms with E-state index in [0.29, 0.717) is 28.3 Å². The van der Waals surface area contributed by atoms with Crippen LogP contribution in [0.1, 0.15) is 26.2 Å². The summed E-state index contributed by atoms with van der Waals surface area (Å²) in [6.45, 7) is 2.73. The molecule has 1 fully saturated rings. The number of thiophene rings is 1. The molecule has 6 heteroatoms. The van der Waals surface area contributed by atoms with E-state index < -0.39 is 10.0 Å². The van der Waals surface area contributed by atoms with E-state index >= 15 is 0 Å². The van der Waals surface area contributed by atoms with Gasteiger partial charge in [-0.1, -0.05) is 19.8 Å². The highest BCUT2D eigenvalue weighted by atomic mass is 32.2. The van der Waals surface area contributed by atoms with E-state index in [-0.39, 0.29) is 0 Å². The number of rotatable bonds is 4. The van der Waals surface area contributed by atoms with Crippen LogP contribution in [0, 0.1) is 11.8 Å². The first kappa shape index (κ1) is 12.9. The number of hydrogen-bond acceptors (Lipinski definition) is 4. The monoisotopic (exact) mass is 274 g/mol. The predicted molar refractivity (Wildman–Crippen MR) is 70.4 cm³/mol. The molecular weight excluding hydrogens is 256 g/mol. The molecule has 96 valence electrons. The molecule has 2 unspecified atom stereocenters. The largest absolute Gasteiger partial charge is 0.398 e. The molecule has 0 radical (unpaired) electrons. The molecule has 1 aliphatic rings. The number of nitrogens with one attached hydrogen (secondary N) is 1. The van der Waals surface area contributed by atoms with E-state index in [0.717, 1.165) is 17.8 Å². The van der Waals surface area contributed by atoms with Gasteiger partial charge in [-0.05, 0) is 24.3 Å². The van der Waals surface area contributed by atoms with Crippen molar-refractivity contribution in [2.75, 3.05) is 12.3 Å². The molecule has 0 bridgehead atoms. The minimum atomic E-state index is -3.36. The lowest BCUT2D eigenvalue weighted by molar-refractivity contribution is 0.414. The SMILES string of the molecule is CC1CCCC1CNS(=O)(=O)c1cc(N)cs1. The standard InChI is InChI=1S/C11H18N2O2S2/c1-8-3-2-4-9(8)6-13-17(14,15)11-5-10(12)7-16-11/h5,7-9,13H,2-4,6,12H2,1H3. The van der Waals surface area contributed by atoms with Crippen molar-refractivity contribution in [2.45, 2.75) is 30.4 Å². The molecule has 17 heavy (non-hydrogen) atoms. The fourth-order valence-corrected chi connectivity index (χ4v) is 4.50. The van der Waals surface area contributed by atoms with E-state index in [1.807, 2.05) is 0 Å². The van der Waals surface area contributed by atoms with E-state index in [9.17, 15) is 8.42 Å². The Bertz CT molecular complexity index is 481. The van der Waals surface area contributed by atoms with Crippen LogP contribution < -0.4 is 10.5 Å². The van der Waals surface area contributed by atoms with Crippen molar-refractivity contribution in [1.29, 1.82) is 0 Å². The quantitative estimate of drug-likeness (QED) is 0.882. The zero-order valence-electron chi connectivity index (χ0n) is 9.85. The Balaban J connectivity index is 1.98. The molecule has 0 saturated heterocycles. The number of nitrogen functional groups attached to an aromatic ring is 1. The highest BCUT2D eigenvalue weighted by Gasteiger charge is 2.25. The van der Waals surface area contributed by atoms with Gasteiger partial charge in [0.25, 0.3) is 0 Å². The molecule has 1 aliphatic carbocycles. The first-order valence-electron chi connectivity index (χ1n) is 5.83. The van der Waals surface area contributed by atoms with Gasteiger partial charge < -0.3 is 5.73 Å². The summed E-state index contributed by atoms with van der Waals surface area (Å²) < 4.78 is 26.9. The first-order chi connectivity index (χ1) is 7.99. The van der Waals surface area contributed by atoms with Crippen LogP contribution in [0.4, 0.5) is 5.69 Å². The Morgan fingerprint density at radius 1 is 1.53 bits per heavy atom. The van der Waals surface area contributed by atoms with Crippen molar-refractivity contribution in [2.24, 2.45) is 11.8 Å². The van der Waals surface area contributed by atoms with Gasteiger partial charge in [-0.3, -0.25) is 0 Å². The average Bonchev–Trinajstić information content (AvgIpc) is 2.85. The Labute approximate surface area is 106 Å². The second kappa shape index (κ2) is 4.96. The summed E-state index contributed by atoms with van der Waals surface area (Å²) in [5.74, 6) is 1.09. The third-order valence-corrected chi connectivity index (χ3v) is 6.32. The second-order valence-corrected chi connectivity index (χ2v) is 7.62. The molecule has 4 nitrogen and oxygen atoms in total. The van der Waals surface area contributed by atoms with Crippen LogP contribution in [-0.4, -0.2) is 15.0 Å². The molecular formula is C11H18N2O2S2. The van der Waals surface area contributed by atoms with Crippen LogP contribution in [0.3, 0.4) is 0 Å². The molecule has 2 atom stereocenters. The lowest BCUT2D eigenvalue weighted by Crippen LogP contribution is -2.29. The van der Waals surface area contributed by atoms with Crippen LogP contribution in [0.25, 0.3) is 0 Å². The maximum absolute atomic E-state index is 12.0. The number of sulfonamides is 1. The molecule has 1 heterocycles. The Kier molecular flexibility index (Phi) is 3.75. The lowest BCUT2D eigenvalue weighted by atomic mass is 9.99. The molecule has 1 saturated carbocycles. The van der Waals surface area contributed by atoms with Gasteiger partial charge in [0.2, 0.25) is 10.0 Å². The lowest BCUT2D eigenvalue weighted by Gasteiger charge is -2.15. The zero-order chi connectivity index (χ0) is 12.5. The normalized spacial score (nSPS) is 25.2. The first-order valence-corrected chi connectivity index (χ1v) is 8.19. The van der Waals surface area contributed by atoms with Crippen LogP contribution >= 0.6 is 11.3 Å². The summed E-state index contributed by atoms with van der Waals surface area (Å²) in [6, 6.07) is 1.51. The number of nitrogens with two attached hydrogens (primary N) is 1. The topological polar surface area (TPSA) is 72.2 Å². The van der Waals surface area contributed by atoms with Crippen LogP contribution in [-0.2, 0) is 10.0 Å². The zero-order valence-corrected chi connectivity index (χ0v) is 11.5. The maximum Gasteiger partial charge on any atom is 0.250 e. The maximum atomic E-state index is 12.0. The fraction of sp³-hybridized carbons (Fsp3) is 0.636. The highest BCUT2D eigenvalue weighted by Crippen LogP contribution is 2.31. The molecule has 1 aromatic rings. The minimum absolute atomic E-state index is 0.306. The van der Waals surface area contributed by atoms with E-state index in [2.05, 4.69) is 11.6 Å². The summed E-state index contributed by atoms with van der Waals surface area (Å²) in [4.78, 5) is 0. The Morgan fingerprint density at radius 3 is 2.82 bits per heavy atom. The summed E-state index contributed by atoms with van der Waals surface area (Å²) in [7, 11) is -3.36. The van der Waals surface area contributed by atoms with E-state index in [1.54, 1.807) is 5.38 Å². The Morgan fingerprint density at radius 2 is 2.29 bits per heavy atom. The summed E-state index contributed by atoms with van der Waals surface area (Å²) in [5, 5.41) is 1.65. The van der Waals surface area contributed by atoms with Crippen molar-refractivity contribution >= 4 is 27.0 Å². The summed E-state index contributed by atoms with van der Waals surface area (Å²) in [6.07, 6.45) is 3.54. The number of hydrogen-bond donors (Lipinski definition) is 2. The van der Waals surface area contributed by atoms with Gasteiger partial charge in [0.1, 0.15) is 4.21 Å². The van der Waals surface area contributed by atoms with Gasteiger partial charge in [0.05, 0.1) is 0 Å². The second-order valence-electron chi connectivity index (χ2n) is 4.72. The van der Waals surface area contributed by atoms with Gasteiger partial charge in [-0.15, -0.1) is 11.3 Å². The van der Waals surface area contributed by atoms with Crippen molar-refractivity contribution in [1.82, 2.24) is 4.72 Å². The molecule has 3 N–H and O–H groups in total. The van der Waals surface area contributed by atoms with Crippen molar-refractivity contribution < 1.29 is 8.42 Å². The molecule has 0 amide bonds. The van der Waals surface area contributed by atoms with Crippen molar-refractivity contribution in [3.8, 4) is 0 Å².